The van der Waals surface area contributed by atoms with Crippen molar-refractivity contribution in [3.63, 3.8) is 0 Å². The fourth-order valence-corrected chi connectivity index (χ4v) is 2.66. The Balaban J connectivity index is 1.51. The van der Waals surface area contributed by atoms with Crippen molar-refractivity contribution in [3.8, 4) is 17.1 Å². The number of benzene rings is 2. The molecule has 0 unspecified atom stereocenters. The Bertz CT molecular complexity index is 902. The number of nitrogens with zero attached hydrogens (tertiary/aromatic N) is 2. The first-order chi connectivity index (χ1) is 13.2. The number of hydrogen-bond donors (Lipinski definition) is 2. The van der Waals surface area contributed by atoms with Gasteiger partial charge in [-0.15, -0.1) is 0 Å². The van der Waals surface area contributed by atoms with Crippen LogP contribution in [-0.4, -0.2) is 29.7 Å². The molecule has 3 rings (SSSR count). The first kappa shape index (κ1) is 18.7. The highest BCUT2D eigenvalue weighted by Crippen LogP contribution is 2.27. The fourth-order valence-electron chi connectivity index (χ4n) is 2.48. The Morgan fingerprint density at radius 1 is 1.11 bits per heavy atom. The molecule has 7 heteroatoms. The van der Waals surface area contributed by atoms with Crippen molar-refractivity contribution in [1.82, 2.24) is 15.3 Å². The quantitative estimate of drug-likeness (QED) is 0.670. The highest BCUT2D eigenvalue weighted by molar-refractivity contribution is 6.31. The maximum absolute atomic E-state index is 12.1. The van der Waals surface area contributed by atoms with Gasteiger partial charge in [-0.3, -0.25) is 0 Å². The van der Waals surface area contributed by atoms with E-state index in [1.54, 1.807) is 30.6 Å². The average Bonchev–Trinajstić information content (AvgIpc) is 2.69. The fraction of sp³-hybridized carbons (Fsp3) is 0.150. The second-order valence-electron chi connectivity index (χ2n) is 5.76. The molecule has 2 N–H and O–H groups in total. The van der Waals surface area contributed by atoms with Gasteiger partial charge in [-0.25, -0.2) is 14.8 Å². The number of aromatic nitrogens is 2. The molecule has 2 aromatic carbocycles. The van der Waals surface area contributed by atoms with E-state index in [0.717, 1.165) is 11.1 Å². The molecule has 0 fully saturated rings. The van der Waals surface area contributed by atoms with Crippen molar-refractivity contribution < 1.29 is 9.53 Å². The summed E-state index contributed by atoms with van der Waals surface area (Å²) in [6.45, 7) is 0.447. The molecular weight excluding hydrogens is 364 g/mol. The predicted molar refractivity (Wildman–Crippen MR) is 106 cm³/mol. The van der Waals surface area contributed by atoms with E-state index in [4.69, 9.17) is 16.3 Å². The van der Waals surface area contributed by atoms with Gasteiger partial charge in [0.1, 0.15) is 5.75 Å². The molecule has 6 nitrogen and oxygen atoms in total. The number of hydrogen-bond acceptors (Lipinski definition) is 4. The zero-order valence-corrected chi connectivity index (χ0v) is 15.5. The smallest absolute Gasteiger partial charge is 0.319 e. The minimum absolute atomic E-state index is 0.336. The Morgan fingerprint density at radius 2 is 1.85 bits per heavy atom. The summed E-state index contributed by atoms with van der Waals surface area (Å²) in [5.41, 5.74) is 2.42. The predicted octanol–water partition coefficient (Wildman–Crippen LogP) is 4.17. The third-order valence-corrected chi connectivity index (χ3v) is 4.08. The lowest BCUT2D eigenvalue weighted by Gasteiger charge is -2.11. The summed E-state index contributed by atoms with van der Waals surface area (Å²) in [4.78, 5) is 20.8. The molecule has 0 saturated carbocycles. The van der Waals surface area contributed by atoms with Gasteiger partial charge in [-0.2, -0.15) is 0 Å². The summed E-state index contributed by atoms with van der Waals surface area (Å²) >= 11 is 5.96. The molecule has 0 aliphatic rings. The third kappa shape index (κ3) is 5.18. The summed E-state index contributed by atoms with van der Waals surface area (Å²) < 4.78 is 5.20. The van der Waals surface area contributed by atoms with Crippen LogP contribution in [0.4, 0.5) is 10.5 Å². The van der Waals surface area contributed by atoms with Crippen molar-refractivity contribution in [2.45, 2.75) is 6.42 Å². The topological polar surface area (TPSA) is 76.1 Å². The van der Waals surface area contributed by atoms with E-state index in [0.29, 0.717) is 35.2 Å². The lowest BCUT2D eigenvalue weighted by molar-refractivity contribution is 0.252. The monoisotopic (exact) mass is 382 g/mol. The minimum atomic E-state index is -0.336. The van der Waals surface area contributed by atoms with Crippen LogP contribution in [0.25, 0.3) is 11.4 Å². The number of amides is 2. The maximum Gasteiger partial charge on any atom is 0.319 e. The summed E-state index contributed by atoms with van der Waals surface area (Å²) in [5, 5.41) is 6.04. The highest BCUT2D eigenvalue weighted by Gasteiger charge is 2.08. The molecule has 0 atom stereocenters. The van der Waals surface area contributed by atoms with E-state index in [1.807, 2.05) is 30.3 Å². The van der Waals surface area contributed by atoms with Gasteiger partial charge in [0.05, 0.1) is 12.8 Å². The van der Waals surface area contributed by atoms with Crippen LogP contribution >= 0.6 is 11.6 Å². The second-order valence-corrected chi connectivity index (χ2v) is 6.19. The van der Waals surface area contributed by atoms with Crippen LogP contribution in [0.1, 0.15) is 5.56 Å². The van der Waals surface area contributed by atoms with E-state index < -0.39 is 0 Å². The number of halogens is 1. The van der Waals surface area contributed by atoms with E-state index in [-0.39, 0.29) is 6.03 Å². The van der Waals surface area contributed by atoms with E-state index in [1.165, 1.54) is 7.11 Å². The Kier molecular flexibility index (Phi) is 6.22. The molecule has 0 radical (unpaired) electrons. The van der Waals surface area contributed by atoms with Crippen molar-refractivity contribution in [2.24, 2.45) is 0 Å². The van der Waals surface area contributed by atoms with Crippen molar-refractivity contribution >= 4 is 23.3 Å². The Labute approximate surface area is 162 Å². The van der Waals surface area contributed by atoms with Crippen molar-refractivity contribution in [3.05, 3.63) is 71.5 Å². The van der Waals surface area contributed by atoms with Crippen molar-refractivity contribution in [2.75, 3.05) is 19.0 Å². The summed E-state index contributed by atoms with van der Waals surface area (Å²) in [6, 6.07) is 14.5. The second kappa shape index (κ2) is 9.00. The Hall–Kier alpha value is -3.12. The van der Waals surface area contributed by atoms with Crippen LogP contribution in [0.5, 0.6) is 5.75 Å². The zero-order chi connectivity index (χ0) is 19.1. The van der Waals surface area contributed by atoms with Gasteiger partial charge < -0.3 is 15.4 Å². The number of methoxy groups -OCH3 is 1. The molecule has 138 valence electrons. The van der Waals surface area contributed by atoms with Crippen LogP contribution in [0.2, 0.25) is 5.02 Å². The van der Waals surface area contributed by atoms with Gasteiger partial charge in [0, 0.05) is 29.5 Å². The van der Waals surface area contributed by atoms with Gasteiger partial charge in [-0.05, 0) is 30.2 Å². The first-order valence-electron chi connectivity index (χ1n) is 8.40. The molecule has 1 aromatic heterocycles. The summed E-state index contributed by atoms with van der Waals surface area (Å²) in [7, 11) is 1.53. The molecule has 0 bridgehead atoms. The van der Waals surface area contributed by atoms with E-state index in [2.05, 4.69) is 20.6 Å². The van der Waals surface area contributed by atoms with Gasteiger partial charge in [0.2, 0.25) is 0 Å². The number of carbonyl (C=O) groups excluding carboxylic acids is 1. The lowest BCUT2D eigenvalue weighted by atomic mass is 10.2. The normalized spacial score (nSPS) is 10.3. The largest absolute Gasteiger partial charge is 0.495 e. The molecule has 2 amide bonds. The van der Waals surface area contributed by atoms with Crippen molar-refractivity contribution in [1.29, 1.82) is 0 Å². The lowest BCUT2D eigenvalue weighted by Crippen LogP contribution is -2.30. The van der Waals surface area contributed by atoms with Crippen LogP contribution in [-0.2, 0) is 6.42 Å². The number of nitrogens with one attached hydrogen (secondary N) is 2. The first-order valence-corrected chi connectivity index (χ1v) is 8.78. The van der Waals surface area contributed by atoms with E-state index >= 15 is 0 Å². The summed E-state index contributed by atoms with van der Waals surface area (Å²) in [5.74, 6) is 1.22. The van der Waals surface area contributed by atoms with Crippen LogP contribution < -0.4 is 15.4 Å². The third-order valence-electron chi connectivity index (χ3n) is 3.85. The number of rotatable bonds is 6. The number of anilines is 1. The molecule has 0 saturated heterocycles. The number of carbonyl (C=O) groups is 1. The zero-order valence-electron chi connectivity index (χ0n) is 14.8. The average molecular weight is 383 g/mol. The van der Waals surface area contributed by atoms with E-state index in [9.17, 15) is 4.79 Å². The standard InChI is InChI=1S/C20H19ClN4O2/c1-27-18-8-7-16(21)11-17(18)25-20(26)22-10-9-14-12-23-19(24-13-14)15-5-3-2-4-6-15/h2-8,11-13H,9-10H2,1H3,(H2,22,25,26). The minimum Gasteiger partial charge on any atom is -0.495 e. The van der Waals surface area contributed by atoms with Crippen LogP contribution in [0.3, 0.4) is 0 Å². The molecule has 27 heavy (non-hydrogen) atoms. The maximum atomic E-state index is 12.1. The van der Waals surface area contributed by atoms with Gasteiger partial charge in [0.25, 0.3) is 0 Å². The molecule has 0 spiro atoms. The van der Waals surface area contributed by atoms with Crippen LogP contribution in [0, 0.1) is 0 Å². The number of urea groups is 1. The molecule has 3 aromatic rings. The summed E-state index contributed by atoms with van der Waals surface area (Å²) in [6.07, 6.45) is 4.17. The Morgan fingerprint density at radius 3 is 2.56 bits per heavy atom. The van der Waals surface area contributed by atoms with Crippen LogP contribution in [0.15, 0.2) is 60.9 Å². The molecular formula is C20H19ClN4O2. The van der Waals surface area contributed by atoms with Gasteiger partial charge in [-0.1, -0.05) is 41.9 Å². The van der Waals surface area contributed by atoms with Gasteiger partial charge in [0.15, 0.2) is 5.82 Å². The SMILES string of the molecule is COc1ccc(Cl)cc1NC(=O)NCCc1cnc(-c2ccccc2)nc1. The number of ether oxygens (including phenoxy) is 1. The molecule has 0 aliphatic heterocycles. The highest BCUT2D eigenvalue weighted by atomic mass is 35.5. The molecule has 1 heterocycles. The van der Waals surface area contributed by atoms with Gasteiger partial charge >= 0.3 is 6.03 Å². The molecule has 0 aliphatic carbocycles.